The molecule has 1 amide bonds. The summed E-state index contributed by atoms with van der Waals surface area (Å²) in [5.74, 6) is 1.49. The fraction of sp³-hybridized carbons (Fsp3) is 0.647. The molecule has 1 aliphatic heterocycles. The van der Waals surface area contributed by atoms with Crippen molar-refractivity contribution in [3.8, 4) is 0 Å². The van der Waals surface area contributed by atoms with Gasteiger partial charge >= 0.3 is 0 Å². The lowest BCUT2D eigenvalue weighted by Gasteiger charge is -2.27. The van der Waals surface area contributed by atoms with Gasteiger partial charge in [-0.2, -0.15) is 5.10 Å². The van der Waals surface area contributed by atoms with Gasteiger partial charge in [-0.05, 0) is 31.6 Å². The van der Waals surface area contributed by atoms with Gasteiger partial charge in [-0.15, -0.1) is 0 Å². The second-order valence-electron chi connectivity index (χ2n) is 6.82. The molecule has 0 spiro atoms. The number of carbonyl (C=O) groups excluding carboxylic acids is 1. The van der Waals surface area contributed by atoms with E-state index < -0.39 is 0 Å². The lowest BCUT2D eigenvalue weighted by atomic mass is 10.1. The molecule has 7 heteroatoms. The van der Waals surface area contributed by atoms with Gasteiger partial charge < -0.3 is 10.2 Å². The van der Waals surface area contributed by atoms with Gasteiger partial charge in [-0.1, -0.05) is 13.8 Å². The summed E-state index contributed by atoms with van der Waals surface area (Å²) in [4.78, 5) is 23.2. The number of nitrogens with one attached hydrogen (secondary N) is 1. The van der Waals surface area contributed by atoms with Crippen LogP contribution in [0.4, 0.5) is 5.82 Å². The minimum atomic E-state index is -0.0289. The zero-order valence-corrected chi connectivity index (χ0v) is 14.5. The maximum Gasteiger partial charge on any atom is 0.241 e. The van der Waals surface area contributed by atoms with E-state index in [1.807, 2.05) is 0 Å². The number of hydrogen-bond acceptors (Lipinski definition) is 5. The van der Waals surface area contributed by atoms with Gasteiger partial charge in [0.2, 0.25) is 5.91 Å². The van der Waals surface area contributed by atoms with Gasteiger partial charge in [-0.3, -0.25) is 4.79 Å². The highest BCUT2D eigenvalue weighted by molar-refractivity contribution is 5.87. The minimum absolute atomic E-state index is 0.0289. The van der Waals surface area contributed by atoms with Crippen LogP contribution in [0.1, 0.15) is 39.5 Å². The molecule has 3 rings (SSSR count). The molecule has 24 heavy (non-hydrogen) atoms. The van der Waals surface area contributed by atoms with E-state index in [9.17, 15) is 4.79 Å². The molecule has 1 N–H and O–H groups in total. The molecule has 7 nitrogen and oxygen atoms in total. The number of amides is 1. The maximum absolute atomic E-state index is 12.1. The Morgan fingerprint density at radius 3 is 2.79 bits per heavy atom. The van der Waals surface area contributed by atoms with Crippen LogP contribution in [-0.4, -0.2) is 45.3 Å². The molecule has 3 heterocycles. The monoisotopic (exact) mass is 330 g/mol. The molecule has 1 aliphatic rings. The molecular formula is C17H26N6O. The van der Waals surface area contributed by atoms with Crippen molar-refractivity contribution in [2.24, 2.45) is 5.92 Å². The zero-order chi connectivity index (χ0) is 16.9. The second-order valence-corrected chi connectivity index (χ2v) is 6.82. The second kappa shape index (κ2) is 7.59. The van der Waals surface area contributed by atoms with Crippen LogP contribution in [0.2, 0.25) is 0 Å². The van der Waals surface area contributed by atoms with E-state index >= 15 is 0 Å². The molecule has 130 valence electrons. The molecule has 0 bridgehead atoms. The first kappa shape index (κ1) is 16.7. The highest BCUT2D eigenvalue weighted by Gasteiger charge is 2.18. The third kappa shape index (κ3) is 3.83. The molecule has 0 aliphatic carbocycles. The predicted octanol–water partition coefficient (Wildman–Crippen LogP) is 1.98. The lowest BCUT2D eigenvalue weighted by Crippen LogP contribution is -2.30. The van der Waals surface area contributed by atoms with Crippen molar-refractivity contribution in [1.82, 2.24) is 25.1 Å². The summed E-state index contributed by atoms with van der Waals surface area (Å²) in [5.41, 5.74) is 0.726. The first-order valence-electron chi connectivity index (χ1n) is 8.83. The van der Waals surface area contributed by atoms with Crippen LogP contribution in [-0.2, 0) is 11.3 Å². The quantitative estimate of drug-likeness (QED) is 0.876. The Balaban J connectivity index is 1.72. The summed E-state index contributed by atoms with van der Waals surface area (Å²) in [6.07, 6.45) is 7.99. The number of piperidine rings is 1. The highest BCUT2D eigenvalue weighted by Crippen LogP contribution is 2.25. The molecule has 2 aromatic heterocycles. The summed E-state index contributed by atoms with van der Waals surface area (Å²) in [6.45, 7) is 7.22. The topological polar surface area (TPSA) is 75.9 Å². The Kier molecular flexibility index (Phi) is 5.27. The molecule has 2 aromatic rings. The van der Waals surface area contributed by atoms with E-state index in [-0.39, 0.29) is 12.5 Å². The predicted molar refractivity (Wildman–Crippen MR) is 93.9 cm³/mol. The summed E-state index contributed by atoms with van der Waals surface area (Å²) < 4.78 is 1.66. The summed E-state index contributed by atoms with van der Waals surface area (Å²) in [7, 11) is 0. The number of nitrogens with zero attached hydrogens (tertiary/aromatic N) is 5. The summed E-state index contributed by atoms with van der Waals surface area (Å²) >= 11 is 0. The average molecular weight is 330 g/mol. The number of fused-ring (bicyclic) bond motifs is 1. The first-order valence-corrected chi connectivity index (χ1v) is 8.83. The molecule has 0 saturated carbocycles. The smallest absolute Gasteiger partial charge is 0.241 e. The van der Waals surface area contributed by atoms with Gasteiger partial charge in [0, 0.05) is 19.6 Å². The number of anilines is 1. The van der Waals surface area contributed by atoms with Gasteiger partial charge in [-0.25, -0.2) is 14.6 Å². The van der Waals surface area contributed by atoms with Gasteiger partial charge in [0.1, 0.15) is 18.7 Å². The fourth-order valence-corrected chi connectivity index (χ4v) is 3.05. The number of hydrogen-bond donors (Lipinski definition) is 1. The van der Waals surface area contributed by atoms with Crippen molar-refractivity contribution >= 4 is 22.8 Å². The Labute approximate surface area is 142 Å². The van der Waals surface area contributed by atoms with Crippen LogP contribution in [0.5, 0.6) is 0 Å². The van der Waals surface area contributed by atoms with Gasteiger partial charge in [0.25, 0.3) is 0 Å². The van der Waals surface area contributed by atoms with Crippen LogP contribution in [0, 0.1) is 5.92 Å². The summed E-state index contributed by atoms with van der Waals surface area (Å²) in [5, 5.41) is 8.23. The summed E-state index contributed by atoms with van der Waals surface area (Å²) in [6, 6.07) is 0. The number of aromatic nitrogens is 4. The van der Waals surface area contributed by atoms with Crippen LogP contribution < -0.4 is 10.2 Å². The van der Waals surface area contributed by atoms with Crippen LogP contribution >= 0.6 is 0 Å². The van der Waals surface area contributed by atoms with Gasteiger partial charge in [0.15, 0.2) is 5.65 Å². The fourth-order valence-electron chi connectivity index (χ4n) is 3.05. The van der Waals surface area contributed by atoms with E-state index in [2.05, 4.69) is 39.1 Å². The van der Waals surface area contributed by atoms with E-state index in [1.165, 1.54) is 19.3 Å². The number of rotatable bonds is 6. The lowest BCUT2D eigenvalue weighted by molar-refractivity contribution is -0.121. The molecule has 0 radical (unpaired) electrons. The molecule has 0 unspecified atom stereocenters. The van der Waals surface area contributed by atoms with Crippen LogP contribution in [0.25, 0.3) is 11.0 Å². The van der Waals surface area contributed by atoms with Crippen LogP contribution in [0.3, 0.4) is 0 Å². The Hall–Kier alpha value is -2.18. The van der Waals surface area contributed by atoms with Crippen molar-refractivity contribution in [1.29, 1.82) is 0 Å². The van der Waals surface area contributed by atoms with Crippen molar-refractivity contribution in [2.45, 2.75) is 46.1 Å². The highest BCUT2D eigenvalue weighted by atomic mass is 16.2. The Morgan fingerprint density at radius 1 is 1.25 bits per heavy atom. The molecule has 0 atom stereocenters. The van der Waals surface area contributed by atoms with Crippen molar-refractivity contribution in [3.63, 3.8) is 0 Å². The van der Waals surface area contributed by atoms with Crippen molar-refractivity contribution in [3.05, 3.63) is 12.5 Å². The standard InChI is InChI=1S/C17H26N6O/c1-13(2)6-7-18-15(24)11-23-17-14(10-21-23)16(19-12-20-17)22-8-4-3-5-9-22/h10,12-13H,3-9,11H2,1-2H3,(H,18,24). The molecular weight excluding hydrogens is 304 g/mol. The Bertz CT molecular complexity index is 689. The SMILES string of the molecule is CC(C)CCNC(=O)Cn1ncc2c(N3CCCCC3)ncnc21. The van der Waals surface area contributed by atoms with E-state index in [1.54, 1.807) is 17.2 Å². The zero-order valence-electron chi connectivity index (χ0n) is 14.5. The number of carbonyl (C=O) groups is 1. The van der Waals surface area contributed by atoms with Gasteiger partial charge in [0.05, 0.1) is 11.6 Å². The van der Waals surface area contributed by atoms with E-state index in [0.717, 1.165) is 36.4 Å². The third-order valence-corrected chi connectivity index (χ3v) is 4.41. The third-order valence-electron chi connectivity index (χ3n) is 4.41. The van der Waals surface area contributed by atoms with Crippen LogP contribution in [0.15, 0.2) is 12.5 Å². The minimum Gasteiger partial charge on any atom is -0.356 e. The molecule has 0 aromatic carbocycles. The van der Waals surface area contributed by atoms with E-state index in [4.69, 9.17) is 0 Å². The van der Waals surface area contributed by atoms with E-state index in [0.29, 0.717) is 12.5 Å². The normalized spacial score (nSPS) is 15.2. The van der Waals surface area contributed by atoms with Crippen molar-refractivity contribution < 1.29 is 4.79 Å². The molecule has 1 saturated heterocycles. The average Bonchev–Trinajstić information content (AvgIpc) is 2.98. The maximum atomic E-state index is 12.1. The first-order chi connectivity index (χ1) is 11.6. The van der Waals surface area contributed by atoms with Crippen molar-refractivity contribution in [2.75, 3.05) is 24.5 Å². The molecule has 1 fully saturated rings. The largest absolute Gasteiger partial charge is 0.356 e. The Morgan fingerprint density at radius 2 is 2.04 bits per heavy atom.